The van der Waals surface area contributed by atoms with Gasteiger partial charge in [-0.1, -0.05) is 23.3 Å². The predicted octanol–water partition coefficient (Wildman–Crippen LogP) is 1.13. The third-order valence-corrected chi connectivity index (χ3v) is 2.58. The normalized spacial score (nSPS) is 21.2. The topological polar surface area (TPSA) is 50.9 Å². The number of nitrogens with one attached hydrogen (secondary N) is 1. The largest absolute Gasteiger partial charge is 0.323 e. The van der Waals surface area contributed by atoms with Crippen LogP contribution in [0.1, 0.15) is 5.56 Å². The molecule has 1 unspecified atom stereocenters. The number of hydrogen-bond acceptors (Lipinski definition) is 3. The molecule has 80 valence electrons. The standard InChI is InChI=1S/C11H14ClN3/c12-10-2-8(4-14-6-10)1-9-3-11(13)7-15-5-9/h2-4,6,11,15H,1,5,7,13H2. The van der Waals surface area contributed by atoms with Crippen LogP contribution in [-0.2, 0) is 6.42 Å². The van der Waals surface area contributed by atoms with E-state index in [0.29, 0.717) is 5.02 Å². The number of halogens is 1. The summed E-state index contributed by atoms with van der Waals surface area (Å²) in [6.45, 7) is 1.76. The Labute approximate surface area is 94.3 Å². The van der Waals surface area contributed by atoms with Gasteiger partial charge in [-0.05, 0) is 18.1 Å². The fraction of sp³-hybridized carbons (Fsp3) is 0.364. The Morgan fingerprint density at radius 1 is 1.53 bits per heavy atom. The summed E-state index contributed by atoms with van der Waals surface area (Å²) in [5.74, 6) is 0. The zero-order valence-electron chi connectivity index (χ0n) is 8.41. The van der Waals surface area contributed by atoms with Gasteiger partial charge in [0.05, 0.1) is 5.02 Å². The van der Waals surface area contributed by atoms with Crippen LogP contribution in [0.25, 0.3) is 0 Å². The first-order valence-corrected chi connectivity index (χ1v) is 5.37. The van der Waals surface area contributed by atoms with Gasteiger partial charge in [0.25, 0.3) is 0 Å². The summed E-state index contributed by atoms with van der Waals surface area (Å²) in [6, 6.07) is 2.07. The summed E-state index contributed by atoms with van der Waals surface area (Å²) >= 11 is 5.87. The smallest absolute Gasteiger partial charge is 0.0592 e. The lowest BCUT2D eigenvalue weighted by Gasteiger charge is -2.19. The third kappa shape index (κ3) is 3.02. The van der Waals surface area contributed by atoms with Crippen molar-refractivity contribution in [2.75, 3.05) is 13.1 Å². The molecule has 1 aromatic heterocycles. The summed E-state index contributed by atoms with van der Waals surface area (Å²) in [5.41, 5.74) is 8.26. The molecule has 0 aromatic carbocycles. The van der Waals surface area contributed by atoms with E-state index in [4.69, 9.17) is 17.3 Å². The van der Waals surface area contributed by atoms with E-state index >= 15 is 0 Å². The van der Waals surface area contributed by atoms with E-state index < -0.39 is 0 Å². The number of hydrogen-bond donors (Lipinski definition) is 2. The molecule has 0 spiro atoms. The lowest BCUT2D eigenvalue weighted by molar-refractivity contribution is 0.627. The van der Waals surface area contributed by atoms with Gasteiger partial charge in [-0.25, -0.2) is 0 Å². The zero-order chi connectivity index (χ0) is 10.7. The minimum Gasteiger partial charge on any atom is -0.323 e. The molecular formula is C11H14ClN3. The quantitative estimate of drug-likeness (QED) is 0.740. The number of nitrogens with two attached hydrogens (primary N) is 1. The first kappa shape index (κ1) is 10.6. The van der Waals surface area contributed by atoms with E-state index in [2.05, 4.69) is 16.4 Å². The van der Waals surface area contributed by atoms with Crippen molar-refractivity contribution >= 4 is 11.6 Å². The van der Waals surface area contributed by atoms with Crippen molar-refractivity contribution in [3.8, 4) is 0 Å². The Morgan fingerprint density at radius 2 is 2.40 bits per heavy atom. The van der Waals surface area contributed by atoms with Gasteiger partial charge < -0.3 is 11.1 Å². The van der Waals surface area contributed by atoms with Crippen LogP contribution in [0.5, 0.6) is 0 Å². The highest BCUT2D eigenvalue weighted by molar-refractivity contribution is 6.30. The molecule has 1 aliphatic heterocycles. The summed E-state index contributed by atoms with van der Waals surface area (Å²) in [4.78, 5) is 4.06. The highest BCUT2D eigenvalue weighted by Gasteiger charge is 2.09. The first-order chi connectivity index (χ1) is 7.24. The molecule has 2 heterocycles. The van der Waals surface area contributed by atoms with Crippen LogP contribution in [0.15, 0.2) is 30.1 Å². The Balaban J connectivity index is 2.08. The van der Waals surface area contributed by atoms with Gasteiger partial charge in [0.15, 0.2) is 0 Å². The Morgan fingerprint density at radius 3 is 3.13 bits per heavy atom. The van der Waals surface area contributed by atoms with Crippen molar-refractivity contribution in [3.63, 3.8) is 0 Å². The molecule has 4 heteroatoms. The summed E-state index contributed by atoms with van der Waals surface area (Å²) in [6.07, 6.45) is 6.48. The molecule has 0 aliphatic carbocycles. The molecule has 2 rings (SSSR count). The lowest BCUT2D eigenvalue weighted by atomic mass is 10.0. The van der Waals surface area contributed by atoms with Crippen LogP contribution in [0.3, 0.4) is 0 Å². The molecule has 3 nitrogen and oxygen atoms in total. The van der Waals surface area contributed by atoms with E-state index in [9.17, 15) is 0 Å². The van der Waals surface area contributed by atoms with Crippen LogP contribution in [0, 0.1) is 0 Å². The van der Waals surface area contributed by atoms with E-state index in [1.165, 1.54) is 5.57 Å². The number of pyridine rings is 1. The molecule has 3 N–H and O–H groups in total. The molecule has 1 aromatic rings. The highest BCUT2D eigenvalue weighted by Crippen LogP contribution is 2.13. The third-order valence-electron chi connectivity index (χ3n) is 2.37. The summed E-state index contributed by atoms with van der Waals surface area (Å²) in [7, 11) is 0. The van der Waals surface area contributed by atoms with Crippen molar-refractivity contribution < 1.29 is 0 Å². The average molecular weight is 224 g/mol. The summed E-state index contributed by atoms with van der Waals surface area (Å²) < 4.78 is 0. The molecule has 0 amide bonds. The molecule has 0 fully saturated rings. The fourth-order valence-corrected chi connectivity index (χ4v) is 1.95. The second-order valence-corrected chi connectivity index (χ2v) is 4.24. The minimum absolute atomic E-state index is 0.126. The Bertz CT molecular complexity index is 376. The molecule has 1 atom stereocenters. The first-order valence-electron chi connectivity index (χ1n) is 4.99. The monoisotopic (exact) mass is 223 g/mol. The van der Waals surface area contributed by atoms with E-state index in [1.54, 1.807) is 6.20 Å². The molecule has 0 saturated carbocycles. The second kappa shape index (κ2) is 4.75. The molecule has 1 aliphatic rings. The highest BCUT2D eigenvalue weighted by atomic mass is 35.5. The van der Waals surface area contributed by atoms with Crippen molar-refractivity contribution in [1.29, 1.82) is 0 Å². The Hall–Kier alpha value is -0.900. The molecular weight excluding hydrogens is 210 g/mol. The second-order valence-electron chi connectivity index (χ2n) is 3.81. The van der Waals surface area contributed by atoms with Gasteiger partial charge in [0.1, 0.15) is 0 Å². The molecule has 15 heavy (non-hydrogen) atoms. The lowest BCUT2D eigenvalue weighted by Crippen LogP contribution is -2.38. The van der Waals surface area contributed by atoms with Crippen LogP contribution < -0.4 is 11.1 Å². The summed E-state index contributed by atoms with van der Waals surface area (Å²) in [5, 5.41) is 3.95. The van der Waals surface area contributed by atoms with Crippen molar-refractivity contribution in [2.45, 2.75) is 12.5 Å². The molecule has 0 radical (unpaired) electrons. The van der Waals surface area contributed by atoms with Crippen LogP contribution in [0.2, 0.25) is 5.02 Å². The van der Waals surface area contributed by atoms with E-state index in [0.717, 1.165) is 25.1 Å². The van der Waals surface area contributed by atoms with Crippen molar-refractivity contribution in [3.05, 3.63) is 40.7 Å². The number of nitrogens with zero attached hydrogens (tertiary/aromatic N) is 1. The van der Waals surface area contributed by atoms with Gasteiger partial charge in [-0.2, -0.15) is 0 Å². The number of aromatic nitrogens is 1. The SMILES string of the molecule is NC1C=C(Cc2cncc(Cl)c2)CNC1. The van der Waals surface area contributed by atoms with Crippen LogP contribution in [-0.4, -0.2) is 24.1 Å². The maximum Gasteiger partial charge on any atom is 0.0592 e. The average Bonchev–Trinajstić information content (AvgIpc) is 2.17. The van der Waals surface area contributed by atoms with Gasteiger partial charge in [0, 0.05) is 31.5 Å². The van der Waals surface area contributed by atoms with E-state index in [-0.39, 0.29) is 6.04 Å². The van der Waals surface area contributed by atoms with Crippen LogP contribution >= 0.6 is 11.6 Å². The van der Waals surface area contributed by atoms with Gasteiger partial charge >= 0.3 is 0 Å². The predicted molar refractivity (Wildman–Crippen MR) is 61.9 cm³/mol. The van der Waals surface area contributed by atoms with Gasteiger partial charge in [-0.15, -0.1) is 0 Å². The van der Waals surface area contributed by atoms with Gasteiger partial charge in [-0.3, -0.25) is 4.98 Å². The zero-order valence-corrected chi connectivity index (χ0v) is 9.17. The maximum absolute atomic E-state index is 5.87. The fourth-order valence-electron chi connectivity index (χ4n) is 1.76. The maximum atomic E-state index is 5.87. The molecule has 0 bridgehead atoms. The van der Waals surface area contributed by atoms with Gasteiger partial charge in [0.2, 0.25) is 0 Å². The van der Waals surface area contributed by atoms with E-state index in [1.807, 2.05) is 12.3 Å². The number of rotatable bonds is 2. The van der Waals surface area contributed by atoms with Crippen molar-refractivity contribution in [1.82, 2.24) is 10.3 Å². The van der Waals surface area contributed by atoms with Crippen LogP contribution in [0.4, 0.5) is 0 Å². The Kier molecular flexibility index (Phi) is 3.36. The molecule has 0 saturated heterocycles. The minimum atomic E-state index is 0.126. The van der Waals surface area contributed by atoms with Crippen molar-refractivity contribution in [2.24, 2.45) is 5.73 Å².